The molecular weight excluding hydrogens is 428 g/mol. The first-order chi connectivity index (χ1) is 15.6. The fourth-order valence-electron chi connectivity index (χ4n) is 4.10. The number of carbonyl (C=O) groups is 2. The minimum Gasteiger partial charge on any atom is -0.469 e. The molecular formula is C22H32N6O5. The number of hydrogen-bond donors (Lipinski definition) is 0. The Hall–Kier alpha value is -3.37. The van der Waals surface area contributed by atoms with Gasteiger partial charge < -0.3 is 19.1 Å². The molecule has 11 nitrogen and oxygen atoms in total. The van der Waals surface area contributed by atoms with E-state index in [1.54, 1.807) is 19.0 Å². The molecule has 11 heteroatoms. The van der Waals surface area contributed by atoms with Crippen LogP contribution in [0.25, 0.3) is 11.2 Å². The van der Waals surface area contributed by atoms with Crippen molar-refractivity contribution in [3.05, 3.63) is 32.5 Å². The molecule has 180 valence electrons. The highest BCUT2D eigenvalue weighted by Gasteiger charge is 2.30. The molecule has 2 aromatic heterocycles. The Morgan fingerprint density at radius 1 is 1.21 bits per heavy atom. The summed E-state index contributed by atoms with van der Waals surface area (Å²) in [4.78, 5) is 57.8. The lowest BCUT2D eigenvalue weighted by Gasteiger charge is -2.38. The third kappa shape index (κ3) is 4.71. The number of ether oxygens (including phenoxy) is 1. The zero-order chi connectivity index (χ0) is 24.4. The fourth-order valence-corrected chi connectivity index (χ4v) is 4.10. The van der Waals surface area contributed by atoms with E-state index in [0.29, 0.717) is 36.7 Å². The van der Waals surface area contributed by atoms with Gasteiger partial charge in [0.1, 0.15) is 6.42 Å². The van der Waals surface area contributed by atoms with Crippen LogP contribution in [-0.4, -0.2) is 68.8 Å². The molecule has 1 saturated heterocycles. The van der Waals surface area contributed by atoms with E-state index in [1.807, 2.05) is 29.4 Å². The van der Waals surface area contributed by atoms with Crippen molar-refractivity contribution in [2.75, 3.05) is 32.1 Å². The van der Waals surface area contributed by atoms with Gasteiger partial charge in [-0.2, -0.15) is 4.98 Å². The molecule has 33 heavy (non-hydrogen) atoms. The quantitative estimate of drug-likeness (QED) is 0.348. The molecule has 0 bridgehead atoms. The Morgan fingerprint density at radius 2 is 1.91 bits per heavy atom. The summed E-state index contributed by atoms with van der Waals surface area (Å²) < 4.78 is 8.92. The van der Waals surface area contributed by atoms with Gasteiger partial charge in [0.2, 0.25) is 11.9 Å². The van der Waals surface area contributed by atoms with Crippen LogP contribution in [0.1, 0.15) is 33.1 Å². The van der Waals surface area contributed by atoms with E-state index >= 15 is 0 Å². The van der Waals surface area contributed by atoms with Crippen molar-refractivity contribution in [3.8, 4) is 0 Å². The number of likely N-dealkylation sites (N-methyl/N-ethyl adjacent to an activating group) is 1. The van der Waals surface area contributed by atoms with Crippen LogP contribution in [-0.2, 0) is 35.0 Å². The standard InChI is InChI=1S/C22H32N6O5/c1-14(2)9-11-28-18-19(25(4)22(32)26(5)20(18)31)23-21(28)27-10-7-8-15(13-27)24(3)16(29)12-17(30)33-6/h9,15H,7-8,10-13H2,1-6H3. The number of rotatable bonds is 6. The Labute approximate surface area is 191 Å². The van der Waals surface area contributed by atoms with Crippen molar-refractivity contribution < 1.29 is 14.3 Å². The number of aromatic nitrogens is 4. The molecule has 3 rings (SSSR count). The van der Waals surface area contributed by atoms with E-state index in [-0.39, 0.29) is 18.4 Å². The zero-order valence-corrected chi connectivity index (χ0v) is 20.1. The van der Waals surface area contributed by atoms with Gasteiger partial charge in [-0.25, -0.2) is 4.79 Å². The lowest BCUT2D eigenvalue weighted by Crippen LogP contribution is -2.49. The predicted molar refractivity (Wildman–Crippen MR) is 124 cm³/mol. The number of esters is 1. The number of anilines is 1. The number of carbonyl (C=O) groups excluding carboxylic acids is 2. The van der Waals surface area contributed by atoms with Gasteiger partial charge in [-0.05, 0) is 26.7 Å². The molecule has 1 atom stereocenters. The number of fused-ring (bicyclic) bond motifs is 1. The normalized spacial score (nSPS) is 16.1. The molecule has 1 amide bonds. The maximum Gasteiger partial charge on any atom is 0.332 e. The lowest BCUT2D eigenvalue weighted by molar-refractivity contribution is -0.147. The number of piperidine rings is 1. The Bertz CT molecular complexity index is 1220. The van der Waals surface area contributed by atoms with E-state index < -0.39 is 17.2 Å². The zero-order valence-electron chi connectivity index (χ0n) is 20.1. The van der Waals surface area contributed by atoms with Gasteiger partial charge in [0.05, 0.1) is 7.11 Å². The maximum absolute atomic E-state index is 13.0. The highest BCUT2D eigenvalue weighted by molar-refractivity contribution is 5.94. The van der Waals surface area contributed by atoms with E-state index in [9.17, 15) is 19.2 Å². The van der Waals surface area contributed by atoms with Crippen LogP contribution in [0.5, 0.6) is 0 Å². The summed E-state index contributed by atoms with van der Waals surface area (Å²) in [6.07, 6.45) is 3.29. The molecule has 0 spiro atoms. The predicted octanol–water partition coefficient (Wildman–Crippen LogP) is 0.390. The van der Waals surface area contributed by atoms with Crippen molar-refractivity contribution in [1.29, 1.82) is 0 Å². The fraction of sp³-hybridized carbons (Fsp3) is 0.591. The van der Waals surface area contributed by atoms with Crippen molar-refractivity contribution in [2.45, 2.75) is 45.7 Å². The first kappa shape index (κ1) is 24.3. The summed E-state index contributed by atoms with van der Waals surface area (Å²) in [5.41, 5.74) is 0.958. The number of methoxy groups -OCH3 is 1. The van der Waals surface area contributed by atoms with Crippen LogP contribution >= 0.6 is 0 Å². The molecule has 1 aliphatic heterocycles. The smallest absolute Gasteiger partial charge is 0.332 e. The molecule has 0 N–H and O–H groups in total. The van der Waals surface area contributed by atoms with E-state index in [2.05, 4.69) is 4.74 Å². The summed E-state index contributed by atoms with van der Waals surface area (Å²) in [5.74, 6) is -0.290. The largest absolute Gasteiger partial charge is 0.469 e. The Morgan fingerprint density at radius 3 is 2.55 bits per heavy atom. The van der Waals surface area contributed by atoms with E-state index in [4.69, 9.17) is 4.98 Å². The Kier molecular flexibility index (Phi) is 7.09. The van der Waals surface area contributed by atoms with Gasteiger partial charge in [0.25, 0.3) is 5.56 Å². The second-order valence-corrected chi connectivity index (χ2v) is 8.68. The first-order valence-electron chi connectivity index (χ1n) is 10.9. The van der Waals surface area contributed by atoms with Crippen LogP contribution in [0, 0.1) is 0 Å². The number of nitrogens with zero attached hydrogens (tertiary/aromatic N) is 6. The molecule has 0 saturated carbocycles. The van der Waals surface area contributed by atoms with Crippen LogP contribution in [0.15, 0.2) is 21.2 Å². The van der Waals surface area contributed by atoms with E-state index in [0.717, 1.165) is 23.0 Å². The summed E-state index contributed by atoms with van der Waals surface area (Å²) >= 11 is 0. The third-order valence-electron chi connectivity index (χ3n) is 6.15. The topological polar surface area (TPSA) is 112 Å². The molecule has 2 aromatic rings. The second kappa shape index (κ2) is 9.63. The molecule has 0 aromatic carbocycles. The molecule has 0 aliphatic carbocycles. The number of amides is 1. The summed E-state index contributed by atoms with van der Waals surface area (Å²) in [6.45, 7) is 5.58. The van der Waals surface area contributed by atoms with Crippen molar-refractivity contribution in [1.82, 2.24) is 23.6 Å². The highest BCUT2D eigenvalue weighted by atomic mass is 16.5. The SMILES string of the molecule is COC(=O)CC(=O)N(C)C1CCCN(c2nc3c(c(=O)n(C)c(=O)n3C)n2CC=C(C)C)C1. The number of aryl methyl sites for hydroxylation is 1. The van der Waals surface area contributed by atoms with Crippen molar-refractivity contribution in [2.24, 2.45) is 14.1 Å². The number of imidazole rings is 1. The molecule has 3 heterocycles. The third-order valence-corrected chi connectivity index (χ3v) is 6.15. The average Bonchev–Trinajstić information content (AvgIpc) is 3.19. The van der Waals surface area contributed by atoms with Gasteiger partial charge >= 0.3 is 11.7 Å². The monoisotopic (exact) mass is 460 g/mol. The molecule has 0 radical (unpaired) electrons. The molecule has 1 unspecified atom stereocenters. The first-order valence-corrected chi connectivity index (χ1v) is 10.9. The highest BCUT2D eigenvalue weighted by Crippen LogP contribution is 2.25. The summed E-state index contributed by atoms with van der Waals surface area (Å²) in [6, 6.07) is -0.126. The van der Waals surface area contributed by atoms with Crippen molar-refractivity contribution in [3.63, 3.8) is 0 Å². The Balaban J connectivity index is 2.03. The van der Waals surface area contributed by atoms with Crippen LogP contribution in [0.4, 0.5) is 5.95 Å². The molecule has 1 aliphatic rings. The number of hydrogen-bond acceptors (Lipinski definition) is 7. The second-order valence-electron chi connectivity index (χ2n) is 8.68. The maximum atomic E-state index is 13.0. The minimum atomic E-state index is -0.570. The van der Waals surface area contributed by atoms with E-state index in [1.165, 1.54) is 18.7 Å². The van der Waals surface area contributed by atoms with Gasteiger partial charge in [-0.3, -0.25) is 23.5 Å². The molecule has 1 fully saturated rings. The van der Waals surface area contributed by atoms with Gasteiger partial charge in [0.15, 0.2) is 11.2 Å². The number of allylic oxidation sites excluding steroid dienone is 2. The lowest BCUT2D eigenvalue weighted by atomic mass is 10.0. The van der Waals surface area contributed by atoms with Gasteiger partial charge in [0, 0.05) is 46.8 Å². The average molecular weight is 461 g/mol. The minimum absolute atomic E-state index is 0.126. The van der Waals surface area contributed by atoms with Gasteiger partial charge in [-0.1, -0.05) is 11.6 Å². The van der Waals surface area contributed by atoms with Crippen LogP contribution < -0.4 is 16.1 Å². The summed E-state index contributed by atoms with van der Waals surface area (Å²) in [7, 11) is 6.00. The van der Waals surface area contributed by atoms with Crippen molar-refractivity contribution >= 4 is 29.0 Å². The van der Waals surface area contributed by atoms with Crippen LogP contribution in [0.3, 0.4) is 0 Å². The van der Waals surface area contributed by atoms with Gasteiger partial charge in [-0.15, -0.1) is 0 Å². The summed E-state index contributed by atoms with van der Waals surface area (Å²) in [5, 5.41) is 0. The van der Waals surface area contributed by atoms with Crippen LogP contribution in [0.2, 0.25) is 0 Å².